The molecule has 0 spiro atoms. The topological polar surface area (TPSA) is 84.2 Å². The molecule has 0 heterocycles. The maximum Gasteiger partial charge on any atom is 0.257 e. The molecule has 0 saturated carbocycles. The van der Waals surface area contributed by atoms with Crippen molar-refractivity contribution in [2.45, 2.75) is 4.90 Å². The zero-order valence-corrected chi connectivity index (χ0v) is 11.4. The van der Waals surface area contributed by atoms with E-state index in [1.54, 1.807) is 24.3 Å². The molecule has 0 saturated heterocycles. The van der Waals surface area contributed by atoms with Crippen molar-refractivity contribution in [3.8, 4) is 0 Å². The van der Waals surface area contributed by atoms with Gasteiger partial charge in [-0.2, -0.15) is 0 Å². The highest BCUT2D eigenvalue weighted by atomic mass is 35.5. The molecule has 5 nitrogen and oxygen atoms in total. The number of hydrazine groups is 1. The Bertz CT molecular complexity index is 654. The summed E-state index contributed by atoms with van der Waals surface area (Å²) in [4.78, 5) is 2.40. The van der Waals surface area contributed by atoms with Crippen LogP contribution in [0.25, 0.3) is 0 Å². The van der Waals surface area contributed by atoms with Crippen molar-refractivity contribution in [1.82, 2.24) is 4.83 Å². The Balaban J connectivity index is 2.09. The number of sulfonamides is 1. The smallest absolute Gasteiger partial charge is 0.257 e. The van der Waals surface area contributed by atoms with E-state index in [-0.39, 0.29) is 4.90 Å². The lowest BCUT2D eigenvalue weighted by molar-refractivity contribution is 0.588. The molecule has 100 valence electrons. The third-order valence-electron chi connectivity index (χ3n) is 2.36. The fourth-order valence-corrected chi connectivity index (χ4v) is 2.36. The molecule has 7 heteroatoms. The monoisotopic (exact) mass is 297 g/mol. The van der Waals surface area contributed by atoms with E-state index >= 15 is 0 Å². The van der Waals surface area contributed by atoms with E-state index in [0.717, 1.165) is 0 Å². The summed E-state index contributed by atoms with van der Waals surface area (Å²) >= 11 is 5.73. The van der Waals surface area contributed by atoms with Crippen LogP contribution in [0.1, 0.15) is 0 Å². The summed E-state index contributed by atoms with van der Waals surface area (Å²) in [6.45, 7) is 0. The molecule has 2 aromatic carbocycles. The van der Waals surface area contributed by atoms with Crippen LogP contribution in [-0.2, 0) is 10.0 Å². The quantitative estimate of drug-likeness (QED) is 0.597. The van der Waals surface area contributed by atoms with Crippen LogP contribution >= 0.6 is 11.6 Å². The van der Waals surface area contributed by atoms with Gasteiger partial charge in [0.15, 0.2) is 0 Å². The van der Waals surface area contributed by atoms with E-state index in [4.69, 9.17) is 17.3 Å². The average Bonchev–Trinajstić information content (AvgIpc) is 2.39. The first kappa shape index (κ1) is 13.7. The van der Waals surface area contributed by atoms with Gasteiger partial charge >= 0.3 is 0 Å². The van der Waals surface area contributed by atoms with Gasteiger partial charge in [0.25, 0.3) is 10.0 Å². The van der Waals surface area contributed by atoms with Crippen molar-refractivity contribution < 1.29 is 8.42 Å². The second-order valence-electron chi connectivity index (χ2n) is 3.81. The first-order chi connectivity index (χ1) is 8.97. The first-order valence-electron chi connectivity index (χ1n) is 5.36. The maximum absolute atomic E-state index is 11.9. The molecule has 0 aliphatic heterocycles. The van der Waals surface area contributed by atoms with Crippen LogP contribution in [-0.4, -0.2) is 8.42 Å². The van der Waals surface area contributed by atoms with Crippen molar-refractivity contribution >= 4 is 33.0 Å². The highest BCUT2D eigenvalue weighted by Crippen LogP contribution is 2.14. The summed E-state index contributed by atoms with van der Waals surface area (Å²) in [6.07, 6.45) is 0. The zero-order chi connectivity index (χ0) is 13.9. The molecular weight excluding hydrogens is 286 g/mol. The molecule has 0 amide bonds. The van der Waals surface area contributed by atoms with Crippen LogP contribution in [0.3, 0.4) is 0 Å². The van der Waals surface area contributed by atoms with Gasteiger partial charge in [-0.3, -0.25) is 0 Å². The molecule has 0 aliphatic carbocycles. The first-order valence-corrected chi connectivity index (χ1v) is 7.22. The Hall–Kier alpha value is -1.76. The van der Waals surface area contributed by atoms with Gasteiger partial charge in [0.1, 0.15) is 0 Å². The van der Waals surface area contributed by atoms with Crippen LogP contribution in [0.4, 0.5) is 11.4 Å². The fourth-order valence-electron chi connectivity index (χ4n) is 1.37. The summed E-state index contributed by atoms with van der Waals surface area (Å²) in [6, 6.07) is 12.5. The van der Waals surface area contributed by atoms with Crippen LogP contribution < -0.4 is 16.0 Å². The minimum absolute atomic E-state index is 0.128. The number of anilines is 2. The summed E-state index contributed by atoms with van der Waals surface area (Å²) in [5, 5.41) is 0.576. The molecule has 2 aromatic rings. The molecule has 0 aliphatic rings. The van der Waals surface area contributed by atoms with E-state index < -0.39 is 10.0 Å². The van der Waals surface area contributed by atoms with Crippen LogP contribution in [0.5, 0.6) is 0 Å². The van der Waals surface area contributed by atoms with Crippen LogP contribution in [0, 0.1) is 0 Å². The predicted molar refractivity (Wildman–Crippen MR) is 76.3 cm³/mol. The van der Waals surface area contributed by atoms with Gasteiger partial charge < -0.3 is 11.2 Å². The van der Waals surface area contributed by atoms with Gasteiger partial charge in [-0.25, -0.2) is 8.42 Å². The Morgan fingerprint density at radius 1 is 0.947 bits per heavy atom. The number of hydrogen-bond acceptors (Lipinski definition) is 4. The van der Waals surface area contributed by atoms with Crippen LogP contribution in [0.15, 0.2) is 53.4 Å². The van der Waals surface area contributed by atoms with Crippen molar-refractivity contribution in [2.75, 3.05) is 11.2 Å². The van der Waals surface area contributed by atoms with Crippen molar-refractivity contribution in [1.29, 1.82) is 0 Å². The summed E-state index contributed by atoms with van der Waals surface area (Å²) in [7, 11) is -3.64. The standard InChI is InChI=1S/C12H12ClN3O2S/c13-9-1-5-11(6-2-9)15-16-19(17,18)12-7-3-10(14)4-8-12/h1-8,15-16H,14H2. The number of rotatable bonds is 4. The highest BCUT2D eigenvalue weighted by Gasteiger charge is 2.12. The van der Waals surface area contributed by atoms with E-state index in [0.29, 0.717) is 16.4 Å². The van der Waals surface area contributed by atoms with Gasteiger partial charge in [0.2, 0.25) is 0 Å². The lowest BCUT2D eigenvalue weighted by atomic mass is 10.3. The molecule has 0 unspecified atom stereocenters. The van der Waals surface area contributed by atoms with Gasteiger partial charge in [0, 0.05) is 16.4 Å². The molecular formula is C12H12ClN3O2S. The third-order valence-corrected chi connectivity index (χ3v) is 3.88. The predicted octanol–water partition coefficient (Wildman–Crippen LogP) is 2.23. The Morgan fingerprint density at radius 2 is 1.53 bits per heavy atom. The number of nitrogens with one attached hydrogen (secondary N) is 2. The van der Waals surface area contributed by atoms with E-state index in [2.05, 4.69) is 10.3 Å². The largest absolute Gasteiger partial charge is 0.399 e. The second-order valence-corrected chi connectivity index (χ2v) is 5.93. The molecule has 4 N–H and O–H groups in total. The summed E-state index contributed by atoms with van der Waals surface area (Å²) in [5.74, 6) is 0. The number of nitrogens with two attached hydrogens (primary N) is 1. The van der Waals surface area contributed by atoms with Gasteiger partial charge in [-0.15, -0.1) is 4.83 Å². The number of halogens is 1. The Kier molecular flexibility index (Phi) is 3.94. The normalized spacial score (nSPS) is 11.2. The van der Waals surface area contributed by atoms with Gasteiger partial charge in [0.05, 0.1) is 4.90 Å². The highest BCUT2D eigenvalue weighted by molar-refractivity contribution is 7.89. The SMILES string of the molecule is Nc1ccc(S(=O)(=O)NNc2ccc(Cl)cc2)cc1. The molecule has 0 bridgehead atoms. The molecule has 19 heavy (non-hydrogen) atoms. The minimum atomic E-state index is -3.64. The molecule has 2 rings (SSSR count). The molecule has 0 atom stereocenters. The summed E-state index contributed by atoms with van der Waals surface area (Å²) < 4.78 is 23.9. The number of nitrogen functional groups attached to an aromatic ring is 1. The average molecular weight is 298 g/mol. The lowest BCUT2D eigenvalue weighted by Gasteiger charge is -2.09. The zero-order valence-electron chi connectivity index (χ0n) is 9.80. The summed E-state index contributed by atoms with van der Waals surface area (Å²) in [5.41, 5.74) is 9.19. The number of benzene rings is 2. The van der Waals surface area contributed by atoms with Gasteiger partial charge in [-0.1, -0.05) is 11.6 Å². The van der Waals surface area contributed by atoms with Gasteiger partial charge in [-0.05, 0) is 48.5 Å². The van der Waals surface area contributed by atoms with E-state index in [9.17, 15) is 8.42 Å². The minimum Gasteiger partial charge on any atom is -0.399 e. The van der Waals surface area contributed by atoms with Crippen molar-refractivity contribution in [3.05, 3.63) is 53.6 Å². The Morgan fingerprint density at radius 3 is 2.11 bits per heavy atom. The van der Waals surface area contributed by atoms with Crippen LogP contribution in [0.2, 0.25) is 5.02 Å². The maximum atomic E-state index is 11.9. The third kappa shape index (κ3) is 3.60. The molecule has 0 aromatic heterocycles. The fraction of sp³-hybridized carbons (Fsp3) is 0. The van der Waals surface area contributed by atoms with E-state index in [1.165, 1.54) is 24.3 Å². The second kappa shape index (κ2) is 5.48. The number of hydrogen-bond donors (Lipinski definition) is 3. The van der Waals surface area contributed by atoms with Crippen molar-refractivity contribution in [2.24, 2.45) is 0 Å². The Labute approximate surface area is 116 Å². The molecule has 0 radical (unpaired) electrons. The lowest BCUT2D eigenvalue weighted by Crippen LogP contribution is -2.29. The van der Waals surface area contributed by atoms with Crippen molar-refractivity contribution in [3.63, 3.8) is 0 Å². The molecule has 0 fully saturated rings. The van der Waals surface area contributed by atoms with E-state index in [1.807, 2.05) is 0 Å².